The van der Waals surface area contributed by atoms with Crippen LogP contribution in [0.15, 0.2) is 48.7 Å². The van der Waals surface area contributed by atoms with Crippen molar-refractivity contribution in [3.8, 4) is 0 Å². The predicted molar refractivity (Wildman–Crippen MR) is 95.1 cm³/mol. The maximum absolute atomic E-state index is 13.7. The molecule has 2 aromatic carbocycles. The van der Waals surface area contributed by atoms with E-state index in [1.807, 2.05) is 12.1 Å². The number of hydrogen-bond donors (Lipinski definition) is 2. The summed E-state index contributed by atoms with van der Waals surface area (Å²) < 4.78 is 39.9. The molecule has 1 heterocycles. The van der Waals surface area contributed by atoms with Gasteiger partial charge in [-0.05, 0) is 29.8 Å². The fourth-order valence-corrected chi connectivity index (χ4v) is 2.40. The van der Waals surface area contributed by atoms with Gasteiger partial charge >= 0.3 is 0 Å². The van der Waals surface area contributed by atoms with E-state index in [2.05, 4.69) is 20.6 Å². The molecular weight excluding hydrogens is 381 g/mol. The third-order valence-corrected chi connectivity index (χ3v) is 3.94. The molecule has 1 aromatic heterocycles. The van der Waals surface area contributed by atoms with Gasteiger partial charge in [-0.25, -0.2) is 23.1 Å². The first-order valence-electron chi connectivity index (χ1n) is 7.71. The lowest BCUT2D eigenvalue weighted by Crippen LogP contribution is -2.16. The van der Waals surface area contributed by atoms with E-state index in [0.29, 0.717) is 17.6 Å². The summed E-state index contributed by atoms with van der Waals surface area (Å²) in [7, 11) is 0. The summed E-state index contributed by atoms with van der Waals surface area (Å²) in [4.78, 5) is 20.2. The number of nitrogens with zero attached hydrogens (tertiary/aromatic N) is 2. The number of benzene rings is 2. The first kappa shape index (κ1) is 18.7. The highest BCUT2D eigenvalue weighted by molar-refractivity contribution is 6.31. The third kappa shape index (κ3) is 4.35. The van der Waals surface area contributed by atoms with Crippen molar-refractivity contribution < 1.29 is 18.0 Å². The Balaban J connectivity index is 1.72. The van der Waals surface area contributed by atoms with Crippen LogP contribution in [0.5, 0.6) is 0 Å². The van der Waals surface area contributed by atoms with Crippen molar-refractivity contribution in [2.24, 2.45) is 0 Å². The largest absolute Gasteiger partial charge is 0.350 e. The maximum Gasteiger partial charge on any atom is 0.274 e. The Bertz CT molecular complexity index is 1000. The number of carbonyl (C=O) groups is 1. The van der Waals surface area contributed by atoms with E-state index in [0.717, 1.165) is 11.6 Å². The average molecular weight is 393 g/mol. The number of hydrogen-bond acceptors (Lipinski definition) is 4. The predicted octanol–water partition coefficient (Wildman–Crippen LogP) is 4.41. The SMILES string of the molecule is O=C(Nc1ccc(F)c(F)c1F)c1ccnc(NCc2ccccc2Cl)n1. The summed E-state index contributed by atoms with van der Waals surface area (Å²) >= 11 is 6.06. The van der Waals surface area contributed by atoms with Crippen molar-refractivity contribution in [3.05, 3.63) is 82.4 Å². The van der Waals surface area contributed by atoms with Crippen LogP contribution < -0.4 is 10.6 Å². The lowest BCUT2D eigenvalue weighted by molar-refractivity contribution is 0.102. The molecule has 0 atom stereocenters. The van der Waals surface area contributed by atoms with Gasteiger partial charge in [0.05, 0.1) is 5.69 Å². The molecular formula is C18H12ClF3N4O. The van der Waals surface area contributed by atoms with Gasteiger partial charge in [0.25, 0.3) is 5.91 Å². The Morgan fingerprint density at radius 2 is 1.81 bits per heavy atom. The fraction of sp³-hybridized carbons (Fsp3) is 0.0556. The molecule has 0 unspecified atom stereocenters. The van der Waals surface area contributed by atoms with E-state index >= 15 is 0 Å². The normalized spacial score (nSPS) is 10.5. The van der Waals surface area contributed by atoms with E-state index in [1.54, 1.807) is 12.1 Å². The molecule has 9 heteroatoms. The fourth-order valence-electron chi connectivity index (χ4n) is 2.20. The summed E-state index contributed by atoms with van der Waals surface area (Å²) in [5.74, 6) is -5.16. The minimum absolute atomic E-state index is 0.0872. The van der Waals surface area contributed by atoms with Gasteiger partial charge < -0.3 is 10.6 Å². The van der Waals surface area contributed by atoms with Crippen LogP contribution in [-0.2, 0) is 6.54 Å². The van der Waals surface area contributed by atoms with Gasteiger partial charge in [-0.2, -0.15) is 0 Å². The van der Waals surface area contributed by atoms with Crippen LogP contribution in [0, 0.1) is 17.5 Å². The van der Waals surface area contributed by atoms with Crippen LogP contribution in [0.3, 0.4) is 0 Å². The van der Waals surface area contributed by atoms with Crippen LogP contribution >= 0.6 is 11.6 Å². The average Bonchev–Trinajstić information content (AvgIpc) is 2.68. The molecule has 2 N–H and O–H groups in total. The molecule has 5 nitrogen and oxygen atoms in total. The minimum Gasteiger partial charge on any atom is -0.350 e. The van der Waals surface area contributed by atoms with E-state index in [1.165, 1.54) is 12.3 Å². The quantitative estimate of drug-likeness (QED) is 0.631. The standard InChI is InChI=1S/C18H12ClF3N4O/c19-11-4-2-1-3-10(11)9-24-18-23-8-7-14(26-18)17(27)25-13-6-5-12(20)15(21)16(13)22/h1-8H,9H2,(H,25,27)(H,23,24,26). The van der Waals surface area contributed by atoms with E-state index < -0.39 is 29.0 Å². The Morgan fingerprint density at radius 1 is 1.04 bits per heavy atom. The number of nitrogens with one attached hydrogen (secondary N) is 2. The van der Waals surface area contributed by atoms with Gasteiger partial charge in [0.15, 0.2) is 17.5 Å². The number of rotatable bonds is 5. The lowest BCUT2D eigenvalue weighted by Gasteiger charge is -2.09. The first-order chi connectivity index (χ1) is 13.0. The Kier molecular flexibility index (Phi) is 5.56. The maximum atomic E-state index is 13.7. The summed E-state index contributed by atoms with van der Waals surface area (Å²) in [6, 6.07) is 10.1. The van der Waals surface area contributed by atoms with Gasteiger partial charge in [-0.1, -0.05) is 29.8 Å². The van der Waals surface area contributed by atoms with Crippen molar-refractivity contribution >= 4 is 29.1 Å². The molecule has 0 aliphatic carbocycles. The second kappa shape index (κ2) is 8.05. The smallest absolute Gasteiger partial charge is 0.274 e. The molecule has 138 valence electrons. The van der Waals surface area contributed by atoms with Crippen molar-refractivity contribution in [2.75, 3.05) is 10.6 Å². The molecule has 1 amide bonds. The number of aromatic nitrogens is 2. The molecule has 0 spiro atoms. The van der Waals surface area contributed by atoms with Gasteiger partial charge in [0.2, 0.25) is 5.95 Å². The van der Waals surface area contributed by atoms with Crippen molar-refractivity contribution in [1.82, 2.24) is 9.97 Å². The van der Waals surface area contributed by atoms with Crippen molar-refractivity contribution in [1.29, 1.82) is 0 Å². The molecule has 0 saturated heterocycles. The molecule has 3 aromatic rings. The number of carbonyl (C=O) groups excluding carboxylic acids is 1. The summed E-state index contributed by atoms with van der Waals surface area (Å²) in [5.41, 5.74) is 0.223. The van der Waals surface area contributed by atoms with Crippen LogP contribution in [0.1, 0.15) is 16.1 Å². The Hall–Kier alpha value is -3.13. The van der Waals surface area contributed by atoms with Crippen molar-refractivity contribution in [2.45, 2.75) is 6.54 Å². The van der Waals surface area contributed by atoms with Crippen molar-refractivity contribution in [3.63, 3.8) is 0 Å². The summed E-state index contributed by atoms with van der Waals surface area (Å²) in [5, 5.41) is 5.63. The zero-order valence-corrected chi connectivity index (χ0v) is 14.4. The Labute approximate surface area is 157 Å². The van der Waals surface area contributed by atoms with E-state index in [-0.39, 0.29) is 11.6 Å². The van der Waals surface area contributed by atoms with Gasteiger partial charge in [-0.3, -0.25) is 4.79 Å². The zero-order chi connectivity index (χ0) is 19.4. The van der Waals surface area contributed by atoms with Gasteiger partial charge in [0.1, 0.15) is 5.69 Å². The molecule has 3 rings (SSSR count). The summed E-state index contributed by atoms with van der Waals surface area (Å²) in [6.45, 7) is 0.322. The molecule has 0 bridgehead atoms. The highest BCUT2D eigenvalue weighted by Crippen LogP contribution is 2.20. The Morgan fingerprint density at radius 3 is 2.59 bits per heavy atom. The highest BCUT2D eigenvalue weighted by Gasteiger charge is 2.17. The second-order valence-corrected chi connectivity index (χ2v) is 5.79. The molecule has 0 aliphatic heterocycles. The second-order valence-electron chi connectivity index (χ2n) is 5.39. The third-order valence-electron chi connectivity index (χ3n) is 3.57. The molecule has 0 radical (unpaired) electrons. The minimum atomic E-state index is -1.67. The monoisotopic (exact) mass is 392 g/mol. The number of halogens is 4. The number of anilines is 2. The van der Waals surface area contributed by atoms with Crippen LogP contribution in [0.4, 0.5) is 24.8 Å². The van der Waals surface area contributed by atoms with E-state index in [4.69, 9.17) is 11.6 Å². The molecule has 0 aliphatic rings. The van der Waals surface area contributed by atoms with E-state index in [9.17, 15) is 18.0 Å². The van der Waals surface area contributed by atoms with Crippen LogP contribution in [-0.4, -0.2) is 15.9 Å². The summed E-state index contributed by atoms with van der Waals surface area (Å²) in [6.07, 6.45) is 1.33. The molecule has 27 heavy (non-hydrogen) atoms. The van der Waals surface area contributed by atoms with Crippen LogP contribution in [0.2, 0.25) is 5.02 Å². The number of amides is 1. The topological polar surface area (TPSA) is 66.9 Å². The van der Waals surface area contributed by atoms with Gasteiger partial charge in [0, 0.05) is 17.8 Å². The zero-order valence-electron chi connectivity index (χ0n) is 13.6. The first-order valence-corrected chi connectivity index (χ1v) is 8.08. The van der Waals surface area contributed by atoms with Gasteiger partial charge in [-0.15, -0.1) is 0 Å². The molecule has 0 fully saturated rings. The van der Waals surface area contributed by atoms with Crippen LogP contribution in [0.25, 0.3) is 0 Å². The highest BCUT2D eigenvalue weighted by atomic mass is 35.5. The lowest BCUT2D eigenvalue weighted by atomic mass is 10.2. The molecule has 0 saturated carbocycles.